The van der Waals surface area contributed by atoms with Gasteiger partial charge in [-0.15, -0.1) is 0 Å². The molecule has 1 unspecified atom stereocenters. The maximum absolute atomic E-state index is 5.75. The van der Waals surface area contributed by atoms with Crippen molar-refractivity contribution in [2.24, 2.45) is 11.8 Å². The smallest absolute Gasteiger partial charge is 0.160 e. The summed E-state index contributed by atoms with van der Waals surface area (Å²) in [6, 6.07) is 1.91. The van der Waals surface area contributed by atoms with Crippen LogP contribution in [-0.4, -0.2) is 17.1 Å². The molecular weight excluding hydrogens is 264 g/mol. The molecule has 2 rings (SSSR count). The molecule has 1 atom stereocenters. The molecule has 0 bridgehead atoms. The predicted octanol–water partition coefficient (Wildman–Crippen LogP) is 3.33. The Morgan fingerprint density at radius 2 is 1.90 bits per heavy atom. The van der Waals surface area contributed by atoms with E-state index in [2.05, 4.69) is 31.2 Å². The molecule has 3 N–H and O–H groups in total. The Morgan fingerprint density at radius 3 is 2.43 bits per heavy atom. The minimum atomic E-state index is -0.0475. The predicted molar refractivity (Wildman–Crippen MR) is 84.9 cm³/mol. The lowest BCUT2D eigenvalue weighted by atomic mass is 9.84. The fraction of sp³-hybridized carbons (Fsp3) is 0.750. The Balaban J connectivity index is 2.35. The fourth-order valence-electron chi connectivity index (χ4n) is 3.00. The average Bonchev–Trinajstić information content (AvgIpc) is 2.48. The Bertz CT molecular complexity index is 464. The first-order valence-electron chi connectivity index (χ1n) is 7.84. The second-order valence-electron chi connectivity index (χ2n) is 6.95. The first kappa shape index (κ1) is 16.2. The number of aromatic nitrogens is 2. The quantitative estimate of drug-likeness (QED) is 0.658. The van der Waals surface area contributed by atoms with Crippen LogP contribution < -0.4 is 11.3 Å². The number of rotatable bonds is 4. The van der Waals surface area contributed by atoms with Gasteiger partial charge in [-0.3, -0.25) is 0 Å². The molecule has 21 heavy (non-hydrogen) atoms. The number of nitrogens with two attached hydrogens (primary N) is 1. The molecule has 1 aromatic rings. The van der Waals surface area contributed by atoms with E-state index in [1.54, 1.807) is 7.11 Å². The zero-order chi connectivity index (χ0) is 15.5. The first-order valence-corrected chi connectivity index (χ1v) is 7.84. The van der Waals surface area contributed by atoms with Crippen molar-refractivity contribution >= 4 is 5.82 Å². The molecule has 1 saturated carbocycles. The van der Waals surface area contributed by atoms with Gasteiger partial charge in [0, 0.05) is 18.6 Å². The molecule has 0 radical (unpaired) electrons. The van der Waals surface area contributed by atoms with Crippen LogP contribution in [0.15, 0.2) is 6.07 Å². The van der Waals surface area contributed by atoms with Crippen molar-refractivity contribution in [3.05, 3.63) is 17.6 Å². The van der Waals surface area contributed by atoms with E-state index in [0.717, 1.165) is 11.5 Å². The Kier molecular flexibility index (Phi) is 5.17. The first-order chi connectivity index (χ1) is 9.95. The minimum absolute atomic E-state index is 0.0419. The zero-order valence-corrected chi connectivity index (χ0v) is 13.6. The van der Waals surface area contributed by atoms with E-state index in [0.29, 0.717) is 11.7 Å². The van der Waals surface area contributed by atoms with Crippen LogP contribution in [-0.2, 0) is 10.2 Å². The van der Waals surface area contributed by atoms with Gasteiger partial charge in [0.25, 0.3) is 0 Å². The van der Waals surface area contributed by atoms with Crippen molar-refractivity contribution in [2.45, 2.75) is 64.4 Å². The summed E-state index contributed by atoms with van der Waals surface area (Å²) in [4.78, 5) is 9.31. The lowest BCUT2D eigenvalue weighted by Crippen LogP contribution is -2.24. The molecule has 0 aliphatic heterocycles. The van der Waals surface area contributed by atoms with Crippen LogP contribution in [0.3, 0.4) is 0 Å². The summed E-state index contributed by atoms with van der Waals surface area (Å²) in [6.45, 7) is 6.42. The molecule has 0 spiro atoms. The number of nitrogens with zero attached hydrogens (tertiary/aromatic N) is 2. The van der Waals surface area contributed by atoms with Crippen LogP contribution in [0, 0.1) is 5.92 Å². The van der Waals surface area contributed by atoms with Crippen molar-refractivity contribution in [3.8, 4) is 0 Å². The maximum atomic E-state index is 5.75. The zero-order valence-electron chi connectivity index (χ0n) is 13.6. The fourth-order valence-corrected chi connectivity index (χ4v) is 3.00. The molecule has 0 saturated heterocycles. The number of hydrazine groups is 1. The van der Waals surface area contributed by atoms with E-state index in [1.807, 2.05) is 6.07 Å². The summed E-state index contributed by atoms with van der Waals surface area (Å²) in [5.74, 6) is 7.48. The minimum Gasteiger partial charge on any atom is -0.373 e. The molecule has 5 heteroatoms. The van der Waals surface area contributed by atoms with Crippen molar-refractivity contribution < 1.29 is 4.74 Å². The van der Waals surface area contributed by atoms with Crippen LogP contribution in [0.25, 0.3) is 0 Å². The largest absolute Gasteiger partial charge is 0.373 e. The van der Waals surface area contributed by atoms with E-state index in [1.165, 1.54) is 32.1 Å². The summed E-state index contributed by atoms with van der Waals surface area (Å²) < 4.78 is 5.75. The standard InChI is InChI=1S/C16H28N4O/c1-16(2,3)12-10-13(20-17)19-15(18-12)14(21-4)11-8-6-5-7-9-11/h10-11,14H,5-9,17H2,1-4H3,(H,18,19,20). The highest BCUT2D eigenvalue weighted by Crippen LogP contribution is 2.36. The number of methoxy groups -OCH3 is 1. The molecule has 1 aliphatic rings. The molecule has 118 valence electrons. The van der Waals surface area contributed by atoms with Crippen molar-refractivity contribution in [1.82, 2.24) is 9.97 Å². The third kappa shape index (κ3) is 3.92. The van der Waals surface area contributed by atoms with Gasteiger partial charge in [-0.25, -0.2) is 15.8 Å². The number of anilines is 1. The van der Waals surface area contributed by atoms with E-state index in [9.17, 15) is 0 Å². The monoisotopic (exact) mass is 292 g/mol. The number of nitrogens with one attached hydrogen (secondary N) is 1. The Morgan fingerprint density at radius 1 is 1.24 bits per heavy atom. The molecule has 1 fully saturated rings. The Labute approximate surface area is 127 Å². The lowest BCUT2D eigenvalue weighted by molar-refractivity contribution is 0.0287. The third-order valence-electron chi connectivity index (χ3n) is 4.25. The van der Waals surface area contributed by atoms with Crippen molar-refractivity contribution in [2.75, 3.05) is 12.5 Å². The third-order valence-corrected chi connectivity index (χ3v) is 4.25. The summed E-state index contributed by atoms with van der Waals surface area (Å²) in [7, 11) is 1.75. The van der Waals surface area contributed by atoms with Gasteiger partial charge in [-0.05, 0) is 18.8 Å². The SMILES string of the molecule is COC(c1nc(NN)cc(C(C)(C)C)n1)C1CCCCC1. The van der Waals surface area contributed by atoms with Gasteiger partial charge in [-0.2, -0.15) is 0 Å². The van der Waals surface area contributed by atoms with Gasteiger partial charge in [0.05, 0.1) is 5.69 Å². The Hall–Kier alpha value is -1.20. The van der Waals surface area contributed by atoms with Crippen LogP contribution in [0.1, 0.15) is 70.5 Å². The summed E-state index contributed by atoms with van der Waals surface area (Å²) >= 11 is 0. The topological polar surface area (TPSA) is 73.1 Å². The summed E-state index contributed by atoms with van der Waals surface area (Å²) in [5.41, 5.74) is 3.59. The lowest BCUT2D eigenvalue weighted by Gasteiger charge is -2.29. The van der Waals surface area contributed by atoms with Crippen LogP contribution in [0.5, 0.6) is 0 Å². The number of nitrogen functional groups attached to an aromatic ring is 1. The molecular formula is C16H28N4O. The number of hydrogen-bond donors (Lipinski definition) is 2. The molecule has 1 aliphatic carbocycles. The average molecular weight is 292 g/mol. The van der Waals surface area contributed by atoms with Gasteiger partial charge < -0.3 is 10.2 Å². The van der Waals surface area contributed by atoms with Crippen LogP contribution in [0.2, 0.25) is 0 Å². The second kappa shape index (κ2) is 6.71. The molecule has 0 aromatic carbocycles. The van der Waals surface area contributed by atoms with Crippen molar-refractivity contribution in [1.29, 1.82) is 0 Å². The van der Waals surface area contributed by atoms with Crippen molar-refractivity contribution in [3.63, 3.8) is 0 Å². The van der Waals surface area contributed by atoms with Gasteiger partial charge >= 0.3 is 0 Å². The number of ether oxygens (including phenoxy) is 1. The maximum Gasteiger partial charge on any atom is 0.160 e. The van der Waals surface area contributed by atoms with Crippen LogP contribution >= 0.6 is 0 Å². The van der Waals surface area contributed by atoms with Crippen LogP contribution in [0.4, 0.5) is 5.82 Å². The molecule has 1 aromatic heterocycles. The molecule has 0 amide bonds. The highest BCUT2D eigenvalue weighted by Gasteiger charge is 2.29. The van der Waals surface area contributed by atoms with E-state index < -0.39 is 0 Å². The van der Waals surface area contributed by atoms with E-state index in [4.69, 9.17) is 15.6 Å². The second-order valence-corrected chi connectivity index (χ2v) is 6.95. The summed E-state index contributed by atoms with van der Waals surface area (Å²) in [5, 5.41) is 0. The highest BCUT2D eigenvalue weighted by atomic mass is 16.5. The number of hydrogen-bond acceptors (Lipinski definition) is 5. The van der Waals surface area contributed by atoms with Gasteiger partial charge in [-0.1, -0.05) is 40.0 Å². The van der Waals surface area contributed by atoms with Gasteiger partial charge in [0.1, 0.15) is 11.9 Å². The summed E-state index contributed by atoms with van der Waals surface area (Å²) in [6.07, 6.45) is 6.20. The normalized spacial score (nSPS) is 18.5. The van der Waals surface area contributed by atoms with E-state index in [-0.39, 0.29) is 11.5 Å². The van der Waals surface area contributed by atoms with Gasteiger partial charge in [0.15, 0.2) is 5.82 Å². The van der Waals surface area contributed by atoms with E-state index >= 15 is 0 Å². The molecule has 1 heterocycles. The molecule has 5 nitrogen and oxygen atoms in total. The highest BCUT2D eigenvalue weighted by molar-refractivity contribution is 5.37. The van der Waals surface area contributed by atoms with Gasteiger partial charge in [0.2, 0.25) is 0 Å².